The molecule has 0 saturated heterocycles. The van der Waals surface area contributed by atoms with Crippen LogP contribution in [0.15, 0.2) is 24.5 Å². The number of carbonyl (C=O) groups is 1. The molecule has 0 fully saturated rings. The number of hydrogen-bond acceptors (Lipinski definition) is 3. The van der Waals surface area contributed by atoms with Crippen LogP contribution in [0, 0.1) is 0 Å². The molecule has 0 aromatic carbocycles. The van der Waals surface area contributed by atoms with Crippen molar-refractivity contribution in [1.82, 2.24) is 14.3 Å². The minimum Gasteiger partial charge on any atom is -0.480 e. The number of halogens is 1. The van der Waals surface area contributed by atoms with Gasteiger partial charge in [-0.05, 0) is 26.1 Å². The van der Waals surface area contributed by atoms with E-state index in [2.05, 4.69) is 4.98 Å². The number of nitrogens with zero attached hydrogens (tertiary/aromatic N) is 3. The third-order valence-electron chi connectivity index (χ3n) is 2.89. The number of aromatic nitrogens is 2. The van der Waals surface area contributed by atoms with Gasteiger partial charge >= 0.3 is 5.97 Å². The monoisotopic (exact) mass is 267 g/mol. The Morgan fingerprint density at radius 3 is 2.94 bits per heavy atom. The summed E-state index contributed by atoms with van der Waals surface area (Å²) in [5, 5.41) is 9.56. The van der Waals surface area contributed by atoms with Gasteiger partial charge in [-0.2, -0.15) is 0 Å². The molecule has 0 bridgehead atoms. The Hall–Kier alpha value is -1.59. The van der Waals surface area contributed by atoms with E-state index in [4.69, 9.17) is 16.7 Å². The number of hydrogen-bond donors (Lipinski definition) is 1. The zero-order chi connectivity index (χ0) is 13.3. The Morgan fingerprint density at radius 1 is 1.56 bits per heavy atom. The summed E-state index contributed by atoms with van der Waals surface area (Å²) in [7, 11) is 1.76. The van der Waals surface area contributed by atoms with Gasteiger partial charge < -0.3 is 9.51 Å². The maximum atomic E-state index is 10.9. The molecule has 2 aromatic heterocycles. The van der Waals surface area contributed by atoms with Crippen molar-refractivity contribution in [2.45, 2.75) is 19.5 Å². The van der Waals surface area contributed by atoms with Gasteiger partial charge in [-0.3, -0.25) is 9.69 Å². The van der Waals surface area contributed by atoms with Gasteiger partial charge in [0.2, 0.25) is 0 Å². The van der Waals surface area contributed by atoms with E-state index in [0.29, 0.717) is 11.6 Å². The van der Waals surface area contributed by atoms with Gasteiger partial charge in [-0.15, -0.1) is 0 Å². The highest BCUT2D eigenvalue weighted by Gasteiger charge is 2.17. The normalized spacial score (nSPS) is 13.1. The topological polar surface area (TPSA) is 57.8 Å². The van der Waals surface area contributed by atoms with Crippen molar-refractivity contribution in [2.75, 3.05) is 7.05 Å². The van der Waals surface area contributed by atoms with Crippen molar-refractivity contribution in [3.63, 3.8) is 0 Å². The van der Waals surface area contributed by atoms with E-state index < -0.39 is 12.0 Å². The second-order valence-corrected chi connectivity index (χ2v) is 4.71. The summed E-state index contributed by atoms with van der Waals surface area (Å²) in [6.07, 6.45) is 3.63. The van der Waals surface area contributed by atoms with Crippen LogP contribution in [0.25, 0.3) is 5.65 Å². The maximum Gasteiger partial charge on any atom is 0.320 e. The molecule has 1 N–H and O–H groups in total. The Kier molecular flexibility index (Phi) is 3.54. The fourth-order valence-electron chi connectivity index (χ4n) is 1.67. The van der Waals surface area contributed by atoms with Crippen LogP contribution in [-0.4, -0.2) is 38.4 Å². The Morgan fingerprint density at radius 2 is 2.28 bits per heavy atom. The summed E-state index contributed by atoms with van der Waals surface area (Å²) in [6, 6.07) is 3.06. The van der Waals surface area contributed by atoms with Crippen molar-refractivity contribution in [1.29, 1.82) is 0 Å². The van der Waals surface area contributed by atoms with E-state index >= 15 is 0 Å². The lowest BCUT2D eigenvalue weighted by molar-refractivity contribution is -0.142. The number of rotatable bonds is 4. The molecular weight excluding hydrogens is 254 g/mol. The van der Waals surface area contributed by atoms with Gasteiger partial charge in [0.25, 0.3) is 0 Å². The number of pyridine rings is 1. The van der Waals surface area contributed by atoms with Gasteiger partial charge in [0.1, 0.15) is 11.7 Å². The third kappa shape index (κ3) is 2.63. The minimum absolute atomic E-state index is 0.479. The maximum absolute atomic E-state index is 10.9. The first-order valence-corrected chi connectivity index (χ1v) is 5.91. The summed E-state index contributed by atoms with van der Waals surface area (Å²) in [4.78, 5) is 17.0. The first-order valence-electron chi connectivity index (χ1n) is 5.53. The molecule has 0 saturated carbocycles. The highest BCUT2D eigenvalue weighted by atomic mass is 35.5. The van der Waals surface area contributed by atoms with Crippen molar-refractivity contribution < 1.29 is 9.90 Å². The number of aliphatic carboxylic acids is 1. The lowest BCUT2D eigenvalue weighted by Crippen LogP contribution is -2.35. The number of likely N-dealkylation sites (N-methyl/N-ethyl adjacent to an activating group) is 1. The summed E-state index contributed by atoms with van der Waals surface area (Å²) in [6.45, 7) is 2.13. The fourth-order valence-corrected chi connectivity index (χ4v) is 1.84. The third-order valence-corrected chi connectivity index (χ3v) is 3.12. The van der Waals surface area contributed by atoms with Gasteiger partial charge in [-0.25, -0.2) is 4.98 Å². The average Bonchev–Trinajstić information content (AvgIpc) is 2.68. The van der Waals surface area contributed by atoms with Crippen LogP contribution >= 0.6 is 11.6 Å². The summed E-state index contributed by atoms with van der Waals surface area (Å²) in [5.74, 6) is -0.843. The van der Waals surface area contributed by atoms with Gasteiger partial charge in [0.15, 0.2) is 0 Å². The number of imidazole rings is 1. The Labute approximate surface area is 110 Å². The van der Waals surface area contributed by atoms with Crippen LogP contribution in [0.2, 0.25) is 5.02 Å². The van der Waals surface area contributed by atoms with E-state index in [1.807, 2.05) is 16.7 Å². The second kappa shape index (κ2) is 4.96. The molecular formula is C12H14ClN3O2. The molecule has 0 spiro atoms. The highest BCUT2D eigenvalue weighted by Crippen LogP contribution is 2.13. The summed E-state index contributed by atoms with van der Waals surface area (Å²) >= 11 is 5.89. The van der Waals surface area contributed by atoms with Crippen LogP contribution < -0.4 is 0 Å². The van der Waals surface area contributed by atoms with Crippen LogP contribution in [-0.2, 0) is 11.3 Å². The smallest absolute Gasteiger partial charge is 0.320 e. The van der Waals surface area contributed by atoms with E-state index in [-0.39, 0.29) is 0 Å². The molecule has 1 atom stereocenters. The molecule has 0 aliphatic carbocycles. The first kappa shape index (κ1) is 12.9. The zero-order valence-corrected chi connectivity index (χ0v) is 10.9. The van der Waals surface area contributed by atoms with E-state index in [1.165, 1.54) is 0 Å². The van der Waals surface area contributed by atoms with Gasteiger partial charge in [-0.1, -0.05) is 11.6 Å². The van der Waals surface area contributed by atoms with Crippen molar-refractivity contribution in [3.05, 3.63) is 35.2 Å². The summed E-state index contributed by atoms with van der Waals surface area (Å²) in [5.41, 5.74) is 1.61. The molecule has 5 nitrogen and oxygen atoms in total. The molecule has 0 amide bonds. The van der Waals surface area contributed by atoms with E-state index in [1.54, 1.807) is 31.1 Å². The lowest BCUT2D eigenvalue weighted by atomic mass is 10.3. The van der Waals surface area contributed by atoms with Crippen LogP contribution in [0.5, 0.6) is 0 Å². The molecule has 18 heavy (non-hydrogen) atoms. The first-order chi connectivity index (χ1) is 8.47. The Balaban J connectivity index is 2.19. The van der Waals surface area contributed by atoms with E-state index in [9.17, 15) is 4.79 Å². The molecule has 2 rings (SSSR count). The van der Waals surface area contributed by atoms with Gasteiger partial charge in [0.05, 0.1) is 10.7 Å². The van der Waals surface area contributed by atoms with Crippen molar-refractivity contribution in [3.8, 4) is 0 Å². The van der Waals surface area contributed by atoms with Crippen molar-refractivity contribution >= 4 is 23.2 Å². The lowest BCUT2D eigenvalue weighted by Gasteiger charge is -2.19. The number of fused-ring (bicyclic) bond motifs is 1. The molecule has 2 aromatic rings. The Bertz CT molecular complexity index is 582. The van der Waals surface area contributed by atoms with Crippen LogP contribution in [0.4, 0.5) is 0 Å². The average molecular weight is 268 g/mol. The highest BCUT2D eigenvalue weighted by molar-refractivity contribution is 6.30. The summed E-state index contributed by atoms with van der Waals surface area (Å²) < 4.78 is 1.83. The zero-order valence-electron chi connectivity index (χ0n) is 10.2. The SMILES string of the molecule is CC(C(=O)O)N(C)Cc1cn2cc(Cl)ccc2n1. The van der Waals surface area contributed by atoms with Crippen molar-refractivity contribution in [2.24, 2.45) is 0 Å². The molecule has 0 aliphatic heterocycles. The predicted molar refractivity (Wildman–Crippen MR) is 68.8 cm³/mol. The molecule has 1 unspecified atom stereocenters. The van der Waals surface area contributed by atoms with Crippen LogP contribution in [0.3, 0.4) is 0 Å². The molecule has 0 radical (unpaired) electrons. The molecule has 2 heterocycles. The molecule has 96 valence electrons. The minimum atomic E-state index is -0.843. The predicted octanol–water partition coefficient (Wildman–Crippen LogP) is 1.89. The number of carboxylic acids is 1. The quantitative estimate of drug-likeness (QED) is 0.919. The van der Waals surface area contributed by atoms with E-state index in [0.717, 1.165) is 11.3 Å². The second-order valence-electron chi connectivity index (χ2n) is 4.27. The van der Waals surface area contributed by atoms with Crippen LogP contribution in [0.1, 0.15) is 12.6 Å². The molecule has 0 aliphatic rings. The van der Waals surface area contributed by atoms with Gasteiger partial charge in [0, 0.05) is 18.9 Å². The number of carboxylic acid groups (broad SMARTS) is 1. The standard InChI is InChI=1S/C12H14ClN3O2/c1-8(12(17)18)15(2)6-10-7-16-5-9(13)3-4-11(16)14-10/h3-5,7-8H,6H2,1-2H3,(H,17,18). The largest absolute Gasteiger partial charge is 0.480 e. The fraction of sp³-hybridized carbons (Fsp3) is 0.333. The molecule has 6 heteroatoms.